The van der Waals surface area contributed by atoms with Crippen LogP contribution in [0.4, 0.5) is 15.9 Å². The summed E-state index contributed by atoms with van der Waals surface area (Å²) in [6.07, 6.45) is 0. The Kier molecular flexibility index (Phi) is 4.73. The molecule has 1 amide bonds. The Morgan fingerprint density at radius 1 is 1.15 bits per heavy atom. The third-order valence-electron chi connectivity index (χ3n) is 4.71. The lowest BCUT2D eigenvalue weighted by atomic mass is 10.1. The van der Waals surface area contributed by atoms with E-state index in [0.717, 1.165) is 29.8 Å². The highest BCUT2D eigenvalue weighted by atomic mass is 19.1. The molecule has 0 spiro atoms. The molecule has 0 atom stereocenters. The summed E-state index contributed by atoms with van der Waals surface area (Å²) < 4.78 is 19.2. The van der Waals surface area contributed by atoms with Crippen LogP contribution < -0.4 is 10.2 Å². The minimum absolute atomic E-state index is 0.286. The van der Waals surface area contributed by atoms with Crippen LogP contribution in [0.25, 0.3) is 10.9 Å². The number of nitrogens with zero attached hydrogens (tertiary/aromatic N) is 2. The second-order valence-corrected chi connectivity index (χ2v) is 6.56. The number of aromatic nitrogens is 1. The van der Waals surface area contributed by atoms with Crippen molar-refractivity contribution < 1.29 is 13.9 Å². The number of rotatable bonds is 3. The summed E-state index contributed by atoms with van der Waals surface area (Å²) in [5.74, 6) is 0.116. The van der Waals surface area contributed by atoms with Gasteiger partial charge in [-0.25, -0.2) is 9.37 Å². The molecule has 2 heterocycles. The Morgan fingerprint density at radius 2 is 1.93 bits per heavy atom. The number of hydrogen-bond donors (Lipinski definition) is 1. The quantitative estimate of drug-likeness (QED) is 0.768. The second-order valence-electron chi connectivity index (χ2n) is 6.56. The molecule has 0 radical (unpaired) electrons. The number of ether oxygens (including phenoxy) is 1. The number of pyridine rings is 1. The maximum atomic E-state index is 13.8. The summed E-state index contributed by atoms with van der Waals surface area (Å²) in [7, 11) is 0. The van der Waals surface area contributed by atoms with E-state index in [4.69, 9.17) is 9.72 Å². The number of aryl methyl sites for hydroxylation is 1. The molecule has 138 valence electrons. The number of para-hydroxylation sites is 1. The molecule has 6 heteroatoms. The van der Waals surface area contributed by atoms with Crippen LogP contribution in [-0.4, -0.2) is 37.2 Å². The van der Waals surface area contributed by atoms with Crippen LogP contribution >= 0.6 is 0 Å². The Balaban J connectivity index is 1.72. The summed E-state index contributed by atoms with van der Waals surface area (Å²) in [6, 6.07) is 14.0. The van der Waals surface area contributed by atoms with Crippen molar-refractivity contribution in [1.29, 1.82) is 0 Å². The van der Waals surface area contributed by atoms with Crippen molar-refractivity contribution in [2.75, 3.05) is 36.5 Å². The van der Waals surface area contributed by atoms with Gasteiger partial charge < -0.3 is 15.0 Å². The minimum atomic E-state index is -0.346. The van der Waals surface area contributed by atoms with E-state index in [9.17, 15) is 9.18 Å². The molecule has 5 nitrogen and oxygen atoms in total. The van der Waals surface area contributed by atoms with E-state index in [1.807, 2.05) is 24.3 Å². The molecule has 1 saturated heterocycles. The maximum absolute atomic E-state index is 13.8. The van der Waals surface area contributed by atoms with Gasteiger partial charge in [0.15, 0.2) is 0 Å². The lowest BCUT2D eigenvalue weighted by Crippen LogP contribution is -2.37. The molecule has 4 rings (SSSR count). The number of carbonyl (C=O) groups is 1. The van der Waals surface area contributed by atoms with Crippen molar-refractivity contribution >= 4 is 28.3 Å². The van der Waals surface area contributed by atoms with Gasteiger partial charge in [0.05, 0.1) is 24.3 Å². The number of amides is 1. The number of fused-ring (bicyclic) bond motifs is 1. The van der Waals surface area contributed by atoms with Gasteiger partial charge in [-0.3, -0.25) is 4.79 Å². The van der Waals surface area contributed by atoms with Gasteiger partial charge in [-0.05, 0) is 36.8 Å². The monoisotopic (exact) mass is 365 g/mol. The van der Waals surface area contributed by atoms with Crippen molar-refractivity contribution in [3.8, 4) is 0 Å². The van der Waals surface area contributed by atoms with Gasteiger partial charge in [-0.1, -0.05) is 24.3 Å². The molecule has 1 N–H and O–H groups in total. The van der Waals surface area contributed by atoms with E-state index >= 15 is 0 Å². The Hall–Kier alpha value is -2.99. The maximum Gasteiger partial charge on any atom is 0.256 e. The van der Waals surface area contributed by atoms with Crippen LogP contribution in [0.3, 0.4) is 0 Å². The van der Waals surface area contributed by atoms with Gasteiger partial charge in [-0.2, -0.15) is 0 Å². The van der Waals surface area contributed by atoms with Gasteiger partial charge in [0.1, 0.15) is 11.6 Å². The predicted molar refractivity (Wildman–Crippen MR) is 104 cm³/mol. The zero-order chi connectivity index (χ0) is 18.8. The molecule has 2 aromatic carbocycles. The highest BCUT2D eigenvalue weighted by Crippen LogP contribution is 2.25. The van der Waals surface area contributed by atoms with Gasteiger partial charge in [-0.15, -0.1) is 0 Å². The van der Waals surface area contributed by atoms with Crippen LogP contribution in [0.2, 0.25) is 0 Å². The molecule has 27 heavy (non-hydrogen) atoms. The van der Waals surface area contributed by atoms with Crippen molar-refractivity contribution in [3.63, 3.8) is 0 Å². The fourth-order valence-corrected chi connectivity index (χ4v) is 3.17. The third-order valence-corrected chi connectivity index (χ3v) is 4.71. The van der Waals surface area contributed by atoms with Crippen molar-refractivity contribution in [1.82, 2.24) is 4.98 Å². The molecule has 0 bridgehead atoms. The Labute approximate surface area is 156 Å². The zero-order valence-corrected chi connectivity index (χ0v) is 15.0. The van der Waals surface area contributed by atoms with E-state index in [1.165, 1.54) is 6.07 Å². The molecule has 0 saturated carbocycles. The predicted octanol–water partition coefficient (Wildman–Crippen LogP) is 3.77. The highest BCUT2D eigenvalue weighted by Gasteiger charge is 2.18. The normalized spacial score (nSPS) is 14.4. The van der Waals surface area contributed by atoms with Crippen molar-refractivity contribution in [2.24, 2.45) is 0 Å². The van der Waals surface area contributed by atoms with E-state index in [1.54, 1.807) is 25.1 Å². The van der Waals surface area contributed by atoms with Crippen LogP contribution in [0.1, 0.15) is 15.9 Å². The number of carbonyl (C=O) groups excluding carboxylic acids is 1. The molecule has 1 aromatic heterocycles. The van der Waals surface area contributed by atoms with Gasteiger partial charge in [0.2, 0.25) is 0 Å². The fraction of sp³-hybridized carbons (Fsp3) is 0.238. The van der Waals surface area contributed by atoms with Crippen molar-refractivity contribution in [2.45, 2.75) is 6.92 Å². The topological polar surface area (TPSA) is 54.5 Å². The summed E-state index contributed by atoms with van der Waals surface area (Å²) in [5, 5.41) is 3.56. The summed E-state index contributed by atoms with van der Waals surface area (Å²) in [4.78, 5) is 19.8. The summed E-state index contributed by atoms with van der Waals surface area (Å²) in [5.41, 5.74) is 2.23. The average Bonchev–Trinajstić information content (AvgIpc) is 2.70. The Bertz CT molecular complexity index is 1000. The summed E-state index contributed by atoms with van der Waals surface area (Å²) >= 11 is 0. The number of nitrogens with one attached hydrogen (secondary N) is 1. The lowest BCUT2D eigenvalue weighted by molar-refractivity contribution is 0.102. The standard InChI is InChI=1S/C21H20FN3O2/c1-14-6-7-15(12-18(14)22)23-21(26)17-13-20(25-8-10-27-11-9-25)24-19-5-3-2-4-16(17)19/h2-7,12-13H,8-11H2,1H3,(H,23,26). The third kappa shape index (κ3) is 3.61. The molecule has 1 fully saturated rings. The van der Waals surface area contributed by atoms with E-state index in [-0.39, 0.29) is 11.7 Å². The molecular formula is C21H20FN3O2. The fourth-order valence-electron chi connectivity index (χ4n) is 3.17. The van der Waals surface area contributed by atoms with Crippen LogP contribution in [0.15, 0.2) is 48.5 Å². The van der Waals surface area contributed by atoms with E-state index < -0.39 is 0 Å². The number of anilines is 2. The average molecular weight is 365 g/mol. The molecule has 1 aliphatic rings. The molecule has 0 unspecified atom stereocenters. The highest BCUT2D eigenvalue weighted by molar-refractivity contribution is 6.13. The van der Waals surface area contributed by atoms with E-state index in [2.05, 4.69) is 10.2 Å². The summed E-state index contributed by atoms with van der Waals surface area (Å²) in [6.45, 7) is 4.43. The van der Waals surface area contributed by atoms with Crippen molar-refractivity contribution in [3.05, 3.63) is 65.5 Å². The van der Waals surface area contributed by atoms with Crippen LogP contribution in [-0.2, 0) is 4.74 Å². The molecule has 0 aliphatic carbocycles. The number of morpholine rings is 1. The first-order valence-electron chi connectivity index (χ1n) is 8.92. The van der Waals surface area contributed by atoms with E-state index in [0.29, 0.717) is 30.0 Å². The first-order valence-corrected chi connectivity index (χ1v) is 8.92. The van der Waals surface area contributed by atoms with Gasteiger partial charge in [0.25, 0.3) is 5.91 Å². The first-order chi connectivity index (χ1) is 13.1. The van der Waals surface area contributed by atoms with Crippen LogP contribution in [0.5, 0.6) is 0 Å². The van der Waals surface area contributed by atoms with Crippen LogP contribution in [0, 0.1) is 12.7 Å². The molecule has 1 aliphatic heterocycles. The second kappa shape index (κ2) is 7.32. The number of hydrogen-bond acceptors (Lipinski definition) is 4. The Morgan fingerprint density at radius 3 is 2.70 bits per heavy atom. The van der Waals surface area contributed by atoms with Gasteiger partial charge >= 0.3 is 0 Å². The number of benzene rings is 2. The SMILES string of the molecule is Cc1ccc(NC(=O)c2cc(N3CCOCC3)nc3ccccc23)cc1F. The molecular weight excluding hydrogens is 345 g/mol. The number of halogens is 1. The minimum Gasteiger partial charge on any atom is -0.378 e. The smallest absolute Gasteiger partial charge is 0.256 e. The molecule has 3 aromatic rings. The first kappa shape index (κ1) is 17.4. The zero-order valence-electron chi connectivity index (χ0n) is 15.0. The largest absolute Gasteiger partial charge is 0.378 e. The lowest BCUT2D eigenvalue weighted by Gasteiger charge is -2.28. The van der Waals surface area contributed by atoms with Gasteiger partial charge in [0, 0.05) is 24.2 Å².